The maximum absolute atomic E-state index is 8.13. The molecule has 1 atom stereocenters. The average Bonchev–Trinajstić information content (AvgIpc) is 2.65. The van der Waals surface area contributed by atoms with Gasteiger partial charge in [-0.1, -0.05) is 13.0 Å². The fraction of sp³-hybridized carbons (Fsp3) is 0.500. The molecular formula is C12H17NO2. The van der Waals surface area contributed by atoms with Crippen molar-refractivity contribution in [2.45, 2.75) is 26.3 Å². The Hall–Kier alpha value is -1.22. The summed E-state index contributed by atoms with van der Waals surface area (Å²) in [7, 11) is 0. The molecule has 0 amide bonds. The van der Waals surface area contributed by atoms with E-state index in [0.29, 0.717) is 0 Å². The topological polar surface area (TPSA) is 30.5 Å². The molecule has 0 aromatic heterocycles. The standard InChI is InChI=1S/C12H17NO2/c1-3-13-9(2)6-10-4-5-11-12(7-10)15-8-14-11/h4-5,7,9,13H,3,6,8H2,1-2H3/t9-/m0/s1/i3D2,4D,5D,7D,8D2,9D. The molecule has 1 N–H and O–H groups in total. The van der Waals surface area contributed by atoms with Gasteiger partial charge in [0.1, 0.15) is 2.74 Å². The highest BCUT2D eigenvalue weighted by Crippen LogP contribution is 2.32. The molecule has 0 radical (unpaired) electrons. The molecule has 0 spiro atoms. The van der Waals surface area contributed by atoms with Crippen LogP contribution in [0, 0.1) is 0 Å². The van der Waals surface area contributed by atoms with Gasteiger partial charge in [0.05, 0.1) is 4.11 Å². The van der Waals surface area contributed by atoms with Gasteiger partial charge in [-0.25, -0.2) is 0 Å². The van der Waals surface area contributed by atoms with Gasteiger partial charge in [-0.15, -0.1) is 0 Å². The van der Waals surface area contributed by atoms with E-state index in [2.05, 4.69) is 5.32 Å². The molecule has 15 heavy (non-hydrogen) atoms. The predicted octanol–water partition coefficient (Wildman–Crippen LogP) is 1.96. The first-order valence-electron chi connectivity index (χ1n) is 8.52. The molecule has 1 aliphatic heterocycles. The van der Waals surface area contributed by atoms with Crippen LogP contribution >= 0.6 is 0 Å². The van der Waals surface area contributed by atoms with Crippen molar-refractivity contribution < 1.29 is 20.4 Å². The minimum absolute atomic E-state index is 0.00991. The Labute approximate surface area is 102 Å². The molecule has 0 saturated carbocycles. The normalized spacial score (nSPS) is 29.5. The molecule has 1 aromatic carbocycles. The van der Waals surface area contributed by atoms with E-state index in [-0.39, 0.29) is 35.6 Å². The van der Waals surface area contributed by atoms with Crippen LogP contribution in [0.2, 0.25) is 0 Å². The van der Waals surface area contributed by atoms with Gasteiger partial charge in [0.25, 0.3) is 0 Å². The van der Waals surface area contributed by atoms with Crippen molar-refractivity contribution in [2.75, 3.05) is 13.2 Å². The van der Waals surface area contributed by atoms with E-state index in [1.807, 2.05) is 0 Å². The summed E-state index contributed by atoms with van der Waals surface area (Å²) < 4.78 is 71.5. The summed E-state index contributed by atoms with van der Waals surface area (Å²) in [6.45, 7) is -1.71. The van der Waals surface area contributed by atoms with Gasteiger partial charge >= 0.3 is 0 Å². The maximum atomic E-state index is 8.13. The predicted molar refractivity (Wildman–Crippen MR) is 59.4 cm³/mol. The van der Waals surface area contributed by atoms with Gasteiger partial charge in [0, 0.05) is 10.1 Å². The second-order valence-corrected chi connectivity index (χ2v) is 3.13. The molecule has 0 fully saturated rings. The lowest BCUT2D eigenvalue weighted by atomic mass is 10.1. The van der Waals surface area contributed by atoms with E-state index in [9.17, 15) is 0 Å². The average molecular weight is 215 g/mol. The summed E-state index contributed by atoms with van der Waals surface area (Å²) in [5.41, 5.74) is -0.00991. The van der Waals surface area contributed by atoms with Crippen molar-refractivity contribution in [1.29, 1.82) is 0 Å². The summed E-state index contributed by atoms with van der Waals surface area (Å²) in [5, 5.41) is 2.43. The molecule has 1 aromatic rings. The Bertz CT molecular complexity index is 641. The number of hydrogen-bond donors (Lipinski definition) is 1. The van der Waals surface area contributed by atoms with Crippen molar-refractivity contribution in [3.05, 3.63) is 23.7 Å². The molecule has 3 nitrogen and oxygen atoms in total. The SMILES string of the molecule is [2H]c1c([2H])c2c(c([2H])c1C[C@]([2H])(C)NC([2H])([2H])C)OC([2H])([2H])O2. The Balaban J connectivity index is 2.44. The molecule has 1 heterocycles. The second kappa shape index (κ2) is 4.53. The lowest BCUT2D eigenvalue weighted by Crippen LogP contribution is -2.27. The van der Waals surface area contributed by atoms with Crippen LogP contribution in [0.3, 0.4) is 0 Å². The summed E-state index contributed by atoms with van der Waals surface area (Å²) in [4.78, 5) is 0. The van der Waals surface area contributed by atoms with Crippen LogP contribution in [0.25, 0.3) is 0 Å². The highest BCUT2D eigenvalue weighted by molar-refractivity contribution is 5.44. The molecule has 0 aliphatic carbocycles. The first-order chi connectivity index (χ1) is 10.2. The minimum Gasteiger partial charge on any atom is -0.454 e. The van der Waals surface area contributed by atoms with Gasteiger partial charge in [-0.05, 0) is 37.5 Å². The number of likely N-dealkylation sites (N-methyl/N-ethyl adjacent to an activating group) is 1. The van der Waals surface area contributed by atoms with Crippen molar-refractivity contribution >= 4 is 0 Å². The number of hydrogen-bond acceptors (Lipinski definition) is 3. The van der Waals surface area contributed by atoms with Gasteiger partial charge < -0.3 is 14.8 Å². The van der Waals surface area contributed by atoms with E-state index < -0.39 is 25.3 Å². The Morgan fingerprint density at radius 2 is 2.47 bits per heavy atom. The smallest absolute Gasteiger partial charge is 0.231 e. The quantitative estimate of drug-likeness (QED) is 0.833. The summed E-state index contributed by atoms with van der Waals surface area (Å²) in [6.07, 6.45) is -0.233. The monoisotopic (exact) mass is 215 g/mol. The first kappa shape index (κ1) is 4.34. The first-order valence-corrected chi connectivity index (χ1v) is 4.52. The molecule has 0 unspecified atom stereocenters. The fourth-order valence-electron chi connectivity index (χ4n) is 1.27. The number of fused-ring (bicyclic) bond motifs is 1. The zero-order chi connectivity index (χ0) is 17.8. The summed E-state index contributed by atoms with van der Waals surface area (Å²) in [5.74, 6) is -0.583. The lowest BCUT2D eigenvalue weighted by molar-refractivity contribution is 0.174. The van der Waals surface area contributed by atoms with Crippen molar-refractivity contribution in [3.8, 4) is 11.5 Å². The van der Waals surface area contributed by atoms with E-state index in [4.69, 9.17) is 20.4 Å². The molecule has 1 aliphatic rings. The van der Waals surface area contributed by atoms with E-state index in [0.717, 1.165) is 0 Å². The third-order valence-electron chi connectivity index (χ3n) is 1.87. The Morgan fingerprint density at radius 3 is 3.27 bits per heavy atom. The Kier molecular flexibility index (Phi) is 1.31. The number of ether oxygens (including phenoxy) is 2. The van der Waals surface area contributed by atoms with Crippen LogP contribution < -0.4 is 14.8 Å². The van der Waals surface area contributed by atoms with Gasteiger partial charge in [0.15, 0.2) is 11.5 Å². The lowest BCUT2D eigenvalue weighted by Gasteiger charge is -2.12. The highest BCUT2D eigenvalue weighted by Gasteiger charge is 2.13. The fourth-order valence-corrected chi connectivity index (χ4v) is 1.27. The zero-order valence-electron chi connectivity index (χ0n) is 16.5. The van der Waals surface area contributed by atoms with Crippen LogP contribution in [-0.2, 0) is 6.42 Å². The van der Waals surface area contributed by atoms with Crippen molar-refractivity contribution in [1.82, 2.24) is 5.32 Å². The van der Waals surface area contributed by atoms with Crippen LogP contribution in [0.1, 0.15) is 30.4 Å². The summed E-state index contributed by atoms with van der Waals surface area (Å²) >= 11 is 0. The van der Waals surface area contributed by atoms with Crippen molar-refractivity contribution in [3.63, 3.8) is 0 Å². The van der Waals surface area contributed by atoms with E-state index >= 15 is 0 Å². The zero-order valence-corrected chi connectivity index (χ0v) is 8.52. The number of nitrogens with one attached hydrogen (secondary N) is 1. The third-order valence-corrected chi connectivity index (χ3v) is 1.87. The molecule has 0 bridgehead atoms. The number of rotatable bonds is 4. The minimum atomic E-state index is -2.51. The largest absolute Gasteiger partial charge is 0.454 e. The van der Waals surface area contributed by atoms with Gasteiger partial charge in [0.2, 0.25) is 6.75 Å². The van der Waals surface area contributed by atoms with Crippen LogP contribution in [-0.4, -0.2) is 19.3 Å². The van der Waals surface area contributed by atoms with Gasteiger partial charge in [-0.3, -0.25) is 0 Å². The highest BCUT2D eigenvalue weighted by atomic mass is 16.7. The molecule has 82 valence electrons. The molecule has 3 heteroatoms. The van der Waals surface area contributed by atoms with Crippen molar-refractivity contribution in [2.24, 2.45) is 0 Å². The molecule has 2 rings (SSSR count). The maximum Gasteiger partial charge on any atom is 0.231 e. The van der Waals surface area contributed by atoms with Crippen LogP contribution in [0.15, 0.2) is 18.1 Å². The molecule has 0 saturated heterocycles. The third kappa shape index (κ3) is 2.42. The van der Waals surface area contributed by atoms with E-state index in [1.165, 1.54) is 13.8 Å². The number of benzene rings is 1. The Morgan fingerprint density at radius 1 is 1.67 bits per heavy atom. The van der Waals surface area contributed by atoms with Crippen LogP contribution in [0.5, 0.6) is 11.5 Å². The molecular weight excluding hydrogens is 190 g/mol. The van der Waals surface area contributed by atoms with Crippen LogP contribution in [0.4, 0.5) is 0 Å². The second-order valence-electron chi connectivity index (χ2n) is 3.13. The summed E-state index contributed by atoms with van der Waals surface area (Å²) in [6, 6.07) is -2.67. The van der Waals surface area contributed by atoms with E-state index in [1.54, 1.807) is 0 Å². The van der Waals surface area contributed by atoms with Gasteiger partial charge in [-0.2, -0.15) is 0 Å².